The molecule has 0 spiro atoms. The van der Waals surface area contributed by atoms with Gasteiger partial charge in [-0.25, -0.2) is 17.9 Å². The summed E-state index contributed by atoms with van der Waals surface area (Å²) in [6.07, 6.45) is 4.89. The van der Waals surface area contributed by atoms with Gasteiger partial charge in [0.1, 0.15) is 0 Å². The Morgan fingerprint density at radius 2 is 1.97 bits per heavy atom. The van der Waals surface area contributed by atoms with Gasteiger partial charge in [-0.1, -0.05) is 0 Å². The Balaban J connectivity index is 1.66. The minimum atomic E-state index is -3.79. The van der Waals surface area contributed by atoms with Crippen molar-refractivity contribution in [2.75, 3.05) is 13.2 Å². The van der Waals surface area contributed by atoms with Crippen LogP contribution in [-0.2, 0) is 34.9 Å². The highest BCUT2D eigenvalue weighted by molar-refractivity contribution is 7.89. The van der Waals surface area contributed by atoms with Gasteiger partial charge in [-0.15, -0.1) is 0 Å². The van der Waals surface area contributed by atoms with Crippen LogP contribution < -0.4 is 16.0 Å². The number of rotatable bonds is 7. The maximum absolute atomic E-state index is 13.3. The van der Waals surface area contributed by atoms with Gasteiger partial charge in [0.05, 0.1) is 41.8 Å². The fourth-order valence-electron chi connectivity index (χ4n) is 3.94. The molecule has 5 rings (SSSR count). The topological polar surface area (TPSA) is 117 Å². The van der Waals surface area contributed by atoms with Crippen molar-refractivity contribution < 1.29 is 13.2 Å². The standard InChI is InChI=1S/C21H25N5O5S/c1-21(5-6-21)23-32(29,30)16-3-4-18-17(7-16)19(27)26(10-14-8-22-24(2)9-14)20(28)25(18)11-15-12-31-13-15/h3-4,7-9,15,23H,5-6,10-13H2,1-2H3. The zero-order chi connectivity index (χ0) is 22.7. The number of benzene rings is 1. The lowest BCUT2D eigenvalue weighted by Gasteiger charge is -2.27. The lowest BCUT2D eigenvalue weighted by molar-refractivity contribution is -0.0395. The molecule has 1 aliphatic heterocycles. The molecule has 0 bridgehead atoms. The van der Waals surface area contributed by atoms with Crippen molar-refractivity contribution in [3.63, 3.8) is 0 Å². The summed E-state index contributed by atoms with van der Waals surface area (Å²) in [5.41, 5.74) is -0.262. The molecule has 1 aromatic carbocycles. The van der Waals surface area contributed by atoms with E-state index in [4.69, 9.17) is 4.74 Å². The van der Waals surface area contributed by atoms with E-state index in [2.05, 4.69) is 9.82 Å². The molecule has 0 radical (unpaired) electrons. The monoisotopic (exact) mass is 459 g/mol. The smallest absolute Gasteiger partial charge is 0.331 e. The highest BCUT2D eigenvalue weighted by Crippen LogP contribution is 2.36. The summed E-state index contributed by atoms with van der Waals surface area (Å²) in [6.45, 7) is 3.39. The Hall–Kier alpha value is -2.76. The number of nitrogens with zero attached hydrogens (tertiary/aromatic N) is 4. The molecule has 170 valence electrons. The minimum absolute atomic E-state index is 0.0142. The van der Waals surface area contributed by atoms with E-state index in [9.17, 15) is 18.0 Å². The quantitative estimate of drug-likeness (QED) is 0.547. The Morgan fingerprint density at radius 3 is 2.56 bits per heavy atom. The maximum atomic E-state index is 13.3. The molecule has 1 saturated carbocycles. The molecule has 0 amide bonds. The van der Waals surface area contributed by atoms with Gasteiger partial charge in [0.15, 0.2) is 0 Å². The van der Waals surface area contributed by atoms with Gasteiger partial charge in [0.25, 0.3) is 5.56 Å². The summed E-state index contributed by atoms with van der Waals surface area (Å²) in [5, 5.41) is 4.29. The molecule has 2 fully saturated rings. The van der Waals surface area contributed by atoms with Crippen molar-refractivity contribution in [1.29, 1.82) is 0 Å². The highest BCUT2D eigenvalue weighted by atomic mass is 32.2. The van der Waals surface area contributed by atoms with E-state index in [1.54, 1.807) is 34.8 Å². The Morgan fingerprint density at radius 1 is 1.22 bits per heavy atom. The first-order valence-electron chi connectivity index (χ1n) is 10.5. The molecule has 0 atom stereocenters. The van der Waals surface area contributed by atoms with Gasteiger partial charge >= 0.3 is 5.69 Å². The summed E-state index contributed by atoms with van der Waals surface area (Å²) in [4.78, 5) is 26.7. The van der Waals surface area contributed by atoms with E-state index in [0.29, 0.717) is 30.8 Å². The predicted molar refractivity (Wildman–Crippen MR) is 117 cm³/mol. The van der Waals surface area contributed by atoms with Crippen LogP contribution in [0.3, 0.4) is 0 Å². The van der Waals surface area contributed by atoms with Crippen LogP contribution in [0.25, 0.3) is 10.9 Å². The molecule has 0 unspecified atom stereocenters. The molecule has 1 saturated heterocycles. The zero-order valence-corrected chi connectivity index (χ0v) is 18.8. The van der Waals surface area contributed by atoms with Crippen LogP contribution in [0.15, 0.2) is 45.1 Å². The molecule has 11 heteroatoms. The van der Waals surface area contributed by atoms with Crippen LogP contribution in [-0.4, -0.2) is 46.1 Å². The Bertz CT molecular complexity index is 1430. The third-order valence-electron chi connectivity index (χ3n) is 6.13. The Kier molecular flexibility index (Phi) is 4.88. The summed E-state index contributed by atoms with van der Waals surface area (Å²) in [7, 11) is -2.03. The number of fused-ring (bicyclic) bond motifs is 1. The first kappa shape index (κ1) is 21.1. The lowest BCUT2D eigenvalue weighted by Crippen LogP contribution is -2.43. The molecule has 32 heavy (non-hydrogen) atoms. The molecular formula is C21H25N5O5S. The molecular weight excluding hydrogens is 434 g/mol. The number of hydrogen-bond donors (Lipinski definition) is 1. The van der Waals surface area contributed by atoms with Crippen molar-refractivity contribution in [1.82, 2.24) is 23.6 Å². The first-order valence-corrected chi connectivity index (χ1v) is 12.0. The van der Waals surface area contributed by atoms with Gasteiger partial charge in [-0.3, -0.25) is 18.6 Å². The number of ether oxygens (including phenoxy) is 1. The molecule has 10 nitrogen and oxygen atoms in total. The van der Waals surface area contributed by atoms with Gasteiger partial charge in [0, 0.05) is 36.8 Å². The largest absolute Gasteiger partial charge is 0.381 e. The number of sulfonamides is 1. The molecule has 2 aliphatic rings. The summed E-state index contributed by atoms with van der Waals surface area (Å²) in [5.74, 6) is 0.167. The second-order valence-electron chi connectivity index (χ2n) is 9.06. The lowest BCUT2D eigenvalue weighted by atomic mass is 10.1. The van der Waals surface area contributed by atoms with Gasteiger partial charge in [0.2, 0.25) is 10.0 Å². The van der Waals surface area contributed by atoms with Crippen molar-refractivity contribution in [2.24, 2.45) is 13.0 Å². The number of aromatic nitrogens is 4. The van der Waals surface area contributed by atoms with Crippen molar-refractivity contribution >= 4 is 20.9 Å². The maximum Gasteiger partial charge on any atom is 0.331 e. The predicted octanol–water partition coefficient (Wildman–Crippen LogP) is 0.422. The second-order valence-corrected chi connectivity index (χ2v) is 10.7. The van der Waals surface area contributed by atoms with E-state index in [1.807, 2.05) is 6.92 Å². The average molecular weight is 460 g/mol. The molecule has 2 aromatic heterocycles. The number of hydrogen-bond acceptors (Lipinski definition) is 6. The normalized spacial score (nSPS) is 18.1. The van der Waals surface area contributed by atoms with E-state index in [0.717, 1.165) is 17.4 Å². The van der Waals surface area contributed by atoms with Gasteiger partial charge in [-0.2, -0.15) is 5.10 Å². The number of nitrogens with one attached hydrogen (secondary N) is 1. The van der Waals surface area contributed by atoms with Gasteiger partial charge in [-0.05, 0) is 38.0 Å². The van der Waals surface area contributed by atoms with E-state index >= 15 is 0 Å². The summed E-state index contributed by atoms with van der Waals surface area (Å²) < 4.78 is 38.0. The molecule has 3 heterocycles. The van der Waals surface area contributed by atoms with E-state index < -0.39 is 26.8 Å². The first-order chi connectivity index (χ1) is 15.2. The zero-order valence-electron chi connectivity index (χ0n) is 17.9. The third kappa shape index (κ3) is 3.80. The number of aryl methyl sites for hydroxylation is 1. The summed E-state index contributed by atoms with van der Waals surface area (Å²) in [6, 6.07) is 4.38. The van der Waals surface area contributed by atoms with Crippen LogP contribution in [0.1, 0.15) is 25.3 Å². The van der Waals surface area contributed by atoms with E-state index in [1.165, 1.54) is 12.1 Å². The van der Waals surface area contributed by atoms with Crippen LogP contribution in [0.4, 0.5) is 0 Å². The van der Waals surface area contributed by atoms with Crippen LogP contribution in [0, 0.1) is 5.92 Å². The van der Waals surface area contributed by atoms with Crippen molar-refractivity contribution in [3.05, 3.63) is 57.0 Å². The summed E-state index contributed by atoms with van der Waals surface area (Å²) >= 11 is 0. The van der Waals surface area contributed by atoms with Crippen molar-refractivity contribution in [3.8, 4) is 0 Å². The molecule has 1 N–H and O–H groups in total. The highest BCUT2D eigenvalue weighted by Gasteiger charge is 2.41. The minimum Gasteiger partial charge on any atom is -0.381 e. The van der Waals surface area contributed by atoms with Crippen LogP contribution in [0.5, 0.6) is 0 Å². The van der Waals surface area contributed by atoms with E-state index in [-0.39, 0.29) is 22.7 Å². The average Bonchev–Trinajstić information content (AvgIpc) is 3.27. The SMILES string of the molecule is Cn1cc(Cn2c(=O)c3cc(S(=O)(=O)NC4(C)CC4)ccc3n(CC3COC3)c2=O)cn1. The Labute approximate surface area is 184 Å². The second kappa shape index (κ2) is 7.39. The van der Waals surface area contributed by atoms with Gasteiger partial charge < -0.3 is 4.74 Å². The fourth-order valence-corrected chi connectivity index (χ4v) is 5.43. The molecule has 3 aromatic rings. The van der Waals surface area contributed by atoms with Crippen LogP contribution in [0.2, 0.25) is 0 Å². The van der Waals surface area contributed by atoms with Crippen molar-refractivity contribution in [2.45, 2.75) is 43.3 Å². The van der Waals surface area contributed by atoms with Crippen LogP contribution >= 0.6 is 0 Å². The molecule has 1 aliphatic carbocycles. The third-order valence-corrected chi connectivity index (χ3v) is 7.77. The fraction of sp³-hybridized carbons (Fsp3) is 0.476.